The second-order valence-corrected chi connectivity index (χ2v) is 5.11. The lowest BCUT2D eigenvalue weighted by molar-refractivity contribution is 0.365. The van der Waals surface area contributed by atoms with E-state index in [0.717, 1.165) is 25.9 Å². The number of anilines is 1. The Morgan fingerprint density at radius 1 is 1.53 bits per heavy atom. The molecule has 1 aliphatic rings. The Hall–Kier alpha value is -1.07. The Bertz CT molecular complexity index is 465. The number of hydrogen-bond donors (Lipinski definition) is 2. The number of aryl methyl sites for hydroxylation is 1. The van der Waals surface area contributed by atoms with Gasteiger partial charge in [0.25, 0.3) is 5.56 Å². The fourth-order valence-corrected chi connectivity index (χ4v) is 2.24. The SMILES string of the molecule is Cn1ncc(NC2(C)CCNCC2)c(Cl)c1=O. The molecule has 2 rings (SSSR count). The van der Waals surface area contributed by atoms with Gasteiger partial charge in [-0.3, -0.25) is 4.79 Å². The molecule has 1 fully saturated rings. The lowest BCUT2D eigenvalue weighted by Gasteiger charge is -2.36. The molecule has 0 amide bonds. The van der Waals surface area contributed by atoms with Crippen LogP contribution in [0.15, 0.2) is 11.0 Å². The van der Waals surface area contributed by atoms with Gasteiger partial charge in [0.2, 0.25) is 0 Å². The van der Waals surface area contributed by atoms with Gasteiger partial charge in [0.1, 0.15) is 5.02 Å². The molecule has 5 nitrogen and oxygen atoms in total. The first kappa shape index (κ1) is 12.4. The van der Waals surface area contributed by atoms with Crippen LogP contribution in [0, 0.1) is 0 Å². The average molecular weight is 257 g/mol. The largest absolute Gasteiger partial charge is 0.377 e. The molecule has 0 aromatic carbocycles. The molecular formula is C11H17ClN4O. The molecule has 2 heterocycles. The summed E-state index contributed by atoms with van der Waals surface area (Å²) >= 11 is 6.03. The molecule has 6 heteroatoms. The molecule has 0 saturated carbocycles. The van der Waals surface area contributed by atoms with Crippen LogP contribution in [0.2, 0.25) is 5.02 Å². The molecule has 2 N–H and O–H groups in total. The van der Waals surface area contributed by atoms with E-state index in [0.29, 0.717) is 5.69 Å². The van der Waals surface area contributed by atoms with E-state index in [1.165, 1.54) is 4.68 Å². The summed E-state index contributed by atoms with van der Waals surface area (Å²) in [5, 5.41) is 10.8. The predicted octanol–water partition coefficient (Wildman–Crippen LogP) is 0.988. The van der Waals surface area contributed by atoms with E-state index in [-0.39, 0.29) is 16.1 Å². The van der Waals surface area contributed by atoms with Crippen LogP contribution in [-0.4, -0.2) is 28.4 Å². The summed E-state index contributed by atoms with van der Waals surface area (Å²) in [6.07, 6.45) is 3.61. The van der Waals surface area contributed by atoms with Crippen LogP contribution in [0.25, 0.3) is 0 Å². The zero-order chi connectivity index (χ0) is 12.5. The smallest absolute Gasteiger partial charge is 0.287 e. The summed E-state index contributed by atoms with van der Waals surface area (Å²) < 4.78 is 1.23. The van der Waals surface area contributed by atoms with Crippen molar-refractivity contribution in [1.82, 2.24) is 15.1 Å². The Balaban J connectivity index is 2.24. The molecule has 0 bridgehead atoms. The molecule has 17 heavy (non-hydrogen) atoms. The molecule has 1 aliphatic heterocycles. The van der Waals surface area contributed by atoms with E-state index >= 15 is 0 Å². The van der Waals surface area contributed by atoms with Gasteiger partial charge in [-0.25, -0.2) is 4.68 Å². The van der Waals surface area contributed by atoms with Crippen molar-refractivity contribution in [2.75, 3.05) is 18.4 Å². The molecule has 0 spiro atoms. The first-order chi connectivity index (χ1) is 8.02. The number of nitrogens with zero attached hydrogens (tertiary/aromatic N) is 2. The number of piperidine rings is 1. The minimum absolute atomic E-state index is 0.0249. The maximum absolute atomic E-state index is 11.7. The molecule has 1 aromatic rings. The van der Waals surface area contributed by atoms with E-state index in [1.807, 2.05) is 0 Å². The fourth-order valence-electron chi connectivity index (χ4n) is 2.03. The van der Waals surface area contributed by atoms with Crippen molar-refractivity contribution in [3.63, 3.8) is 0 Å². The second-order valence-electron chi connectivity index (χ2n) is 4.74. The Morgan fingerprint density at radius 3 is 2.82 bits per heavy atom. The predicted molar refractivity (Wildman–Crippen MR) is 68.6 cm³/mol. The number of nitrogens with one attached hydrogen (secondary N) is 2. The van der Waals surface area contributed by atoms with E-state index in [1.54, 1.807) is 13.2 Å². The van der Waals surface area contributed by atoms with Crippen molar-refractivity contribution in [2.45, 2.75) is 25.3 Å². The van der Waals surface area contributed by atoms with E-state index in [9.17, 15) is 4.79 Å². The molecular weight excluding hydrogens is 240 g/mol. The molecule has 94 valence electrons. The van der Waals surface area contributed by atoms with Gasteiger partial charge < -0.3 is 10.6 Å². The highest BCUT2D eigenvalue weighted by molar-refractivity contribution is 6.32. The highest BCUT2D eigenvalue weighted by Gasteiger charge is 2.27. The number of aromatic nitrogens is 2. The maximum atomic E-state index is 11.7. The van der Waals surface area contributed by atoms with Crippen molar-refractivity contribution >= 4 is 17.3 Å². The number of halogens is 1. The molecule has 0 radical (unpaired) electrons. The average Bonchev–Trinajstić information content (AvgIpc) is 2.31. The van der Waals surface area contributed by atoms with Gasteiger partial charge in [-0.1, -0.05) is 11.6 Å². The van der Waals surface area contributed by atoms with Crippen molar-refractivity contribution in [3.8, 4) is 0 Å². The fraction of sp³-hybridized carbons (Fsp3) is 0.636. The maximum Gasteiger partial charge on any atom is 0.287 e. The first-order valence-electron chi connectivity index (χ1n) is 5.73. The van der Waals surface area contributed by atoms with Crippen molar-refractivity contribution in [2.24, 2.45) is 7.05 Å². The minimum Gasteiger partial charge on any atom is -0.377 e. The third-order valence-electron chi connectivity index (χ3n) is 3.22. The van der Waals surface area contributed by atoms with Gasteiger partial charge >= 0.3 is 0 Å². The lowest BCUT2D eigenvalue weighted by Crippen LogP contribution is -2.45. The van der Waals surface area contributed by atoms with Gasteiger partial charge in [-0.15, -0.1) is 0 Å². The molecule has 0 atom stereocenters. The third kappa shape index (κ3) is 2.61. The zero-order valence-electron chi connectivity index (χ0n) is 10.1. The van der Waals surface area contributed by atoms with Crippen molar-refractivity contribution < 1.29 is 0 Å². The highest BCUT2D eigenvalue weighted by atomic mass is 35.5. The molecule has 1 saturated heterocycles. The normalized spacial score (nSPS) is 19.0. The molecule has 0 aliphatic carbocycles. The summed E-state index contributed by atoms with van der Waals surface area (Å²) in [6.45, 7) is 4.08. The standard InChI is InChI=1S/C11H17ClN4O/c1-11(3-5-13-6-4-11)15-8-7-14-16(2)10(17)9(8)12/h7,13,15H,3-6H2,1-2H3. The molecule has 1 aromatic heterocycles. The van der Waals surface area contributed by atoms with Gasteiger partial charge in [0.15, 0.2) is 0 Å². The van der Waals surface area contributed by atoms with Gasteiger partial charge in [-0.2, -0.15) is 5.10 Å². The number of rotatable bonds is 2. The summed E-state index contributed by atoms with van der Waals surface area (Å²) in [6, 6.07) is 0. The Labute approximate surface area is 105 Å². The van der Waals surface area contributed by atoms with Gasteiger partial charge in [0.05, 0.1) is 11.9 Å². The summed E-state index contributed by atoms with van der Waals surface area (Å²) in [5.41, 5.74) is 0.330. The van der Waals surface area contributed by atoms with E-state index in [2.05, 4.69) is 22.7 Å². The van der Waals surface area contributed by atoms with Crippen LogP contribution in [0.5, 0.6) is 0 Å². The lowest BCUT2D eigenvalue weighted by atomic mass is 9.90. The van der Waals surface area contributed by atoms with Gasteiger partial charge in [0, 0.05) is 12.6 Å². The highest BCUT2D eigenvalue weighted by Crippen LogP contribution is 2.26. The second kappa shape index (κ2) is 4.66. The summed E-state index contributed by atoms with van der Waals surface area (Å²) in [4.78, 5) is 11.7. The van der Waals surface area contributed by atoms with Crippen LogP contribution in [0.1, 0.15) is 19.8 Å². The van der Waals surface area contributed by atoms with E-state index in [4.69, 9.17) is 11.6 Å². The monoisotopic (exact) mass is 256 g/mol. The first-order valence-corrected chi connectivity index (χ1v) is 6.10. The van der Waals surface area contributed by atoms with Crippen LogP contribution >= 0.6 is 11.6 Å². The van der Waals surface area contributed by atoms with Crippen LogP contribution in [0.3, 0.4) is 0 Å². The van der Waals surface area contributed by atoms with Crippen LogP contribution in [0.4, 0.5) is 5.69 Å². The van der Waals surface area contributed by atoms with E-state index < -0.39 is 0 Å². The molecule has 0 unspecified atom stereocenters. The van der Waals surface area contributed by atoms with Crippen molar-refractivity contribution in [3.05, 3.63) is 21.6 Å². The summed E-state index contributed by atoms with van der Waals surface area (Å²) in [5.74, 6) is 0. The zero-order valence-corrected chi connectivity index (χ0v) is 10.8. The Morgan fingerprint density at radius 2 is 2.18 bits per heavy atom. The number of hydrogen-bond acceptors (Lipinski definition) is 4. The quantitative estimate of drug-likeness (QED) is 0.829. The van der Waals surface area contributed by atoms with Crippen molar-refractivity contribution in [1.29, 1.82) is 0 Å². The third-order valence-corrected chi connectivity index (χ3v) is 3.59. The Kier molecular flexibility index (Phi) is 3.40. The summed E-state index contributed by atoms with van der Waals surface area (Å²) in [7, 11) is 1.59. The topological polar surface area (TPSA) is 59.0 Å². The van der Waals surface area contributed by atoms with Crippen LogP contribution < -0.4 is 16.2 Å². The minimum atomic E-state index is -0.269. The van der Waals surface area contributed by atoms with Gasteiger partial charge in [-0.05, 0) is 32.9 Å². The van der Waals surface area contributed by atoms with Crippen LogP contribution in [-0.2, 0) is 7.05 Å².